The maximum absolute atomic E-state index is 12.2. The zero-order chi connectivity index (χ0) is 17.1. The molecule has 3 aromatic heterocycles. The van der Waals surface area contributed by atoms with Crippen LogP contribution in [0.3, 0.4) is 0 Å². The van der Waals surface area contributed by atoms with Crippen LogP contribution in [0.4, 0.5) is 0 Å². The van der Waals surface area contributed by atoms with E-state index in [9.17, 15) is 9.59 Å². The molecule has 3 heterocycles. The van der Waals surface area contributed by atoms with Crippen LogP contribution in [-0.2, 0) is 11.2 Å². The molecule has 0 saturated heterocycles. The van der Waals surface area contributed by atoms with Crippen molar-refractivity contribution < 1.29 is 4.79 Å². The minimum absolute atomic E-state index is 0.0468. The molecule has 0 aromatic carbocycles. The van der Waals surface area contributed by atoms with Gasteiger partial charge in [0.15, 0.2) is 0 Å². The standard InChI is InChI=1S/C16H15N5O2S/c1-9-10(2)24-16-14(9)15(23)19-12(20-16)7-13(22)21-18-8-11-3-5-17-6-4-11/h3-6,8H,7H2,1-2H3,(H,21,22)(H,19,20,23)/b18-8-. The maximum atomic E-state index is 12.2. The average Bonchev–Trinajstić information content (AvgIpc) is 2.83. The van der Waals surface area contributed by atoms with E-state index in [-0.39, 0.29) is 17.9 Å². The predicted molar refractivity (Wildman–Crippen MR) is 93.4 cm³/mol. The lowest BCUT2D eigenvalue weighted by atomic mass is 10.2. The Kier molecular flexibility index (Phi) is 4.48. The zero-order valence-corrected chi connectivity index (χ0v) is 14.0. The van der Waals surface area contributed by atoms with Crippen LogP contribution in [-0.4, -0.2) is 27.1 Å². The quantitative estimate of drug-likeness (QED) is 0.557. The highest BCUT2D eigenvalue weighted by atomic mass is 32.1. The topological polar surface area (TPSA) is 100 Å². The summed E-state index contributed by atoms with van der Waals surface area (Å²) in [4.78, 5) is 36.7. The minimum Gasteiger partial charge on any atom is -0.309 e. The third kappa shape index (κ3) is 3.38. The first kappa shape index (κ1) is 16.0. The second-order valence-corrected chi connectivity index (χ2v) is 6.43. The second kappa shape index (κ2) is 6.71. The van der Waals surface area contributed by atoms with E-state index in [0.717, 1.165) is 16.0 Å². The molecular formula is C16H15N5O2S. The van der Waals surface area contributed by atoms with Gasteiger partial charge in [-0.25, -0.2) is 10.4 Å². The molecule has 0 saturated carbocycles. The largest absolute Gasteiger partial charge is 0.309 e. The summed E-state index contributed by atoms with van der Waals surface area (Å²) in [5, 5.41) is 4.47. The van der Waals surface area contributed by atoms with Crippen molar-refractivity contribution in [2.75, 3.05) is 0 Å². The molecule has 0 aliphatic heterocycles. The molecule has 0 aliphatic rings. The van der Waals surface area contributed by atoms with Crippen molar-refractivity contribution in [3.63, 3.8) is 0 Å². The molecule has 1 amide bonds. The summed E-state index contributed by atoms with van der Waals surface area (Å²) in [6.45, 7) is 3.84. The summed E-state index contributed by atoms with van der Waals surface area (Å²) in [7, 11) is 0. The van der Waals surface area contributed by atoms with Crippen molar-refractivity contribution >= 4 is 33.7 Å². The Morgan fingerprint density at radius 2 is 2.12 bits per heavy atom. The van der Waals surface area contributed by atoms with Crippen molar-refractivity contribution in [1.82, 2.24) is 20.4 Å². The number of pyridine rings is 1. The number of hydrazone groups is 1. The third-order valence-electron chi connectivity index (χ3n) is 3.53. The first-order valence-electron chi connectivity index (χ1n) is 7.25. The number of fused-ring (bicyclic) bond motifs is 1. The molecule has 0 radical (unpaired) electrons. The van der Waals surface area contributed by atoms with Crippen LogP contribution >= 0.6 is 11.3 Å². The number of amides is 1. The third-order valence-corrected chi connectivity index (χ3v) is 4.63. The van der Waals surface area contributed by atoms with Crippen LogP contribution in [0, 0.1) is 13.8 Å². The second-order valence-electron chi connectivity index (χ2n) is 5.23. The average molecular weight is 341 g/mol. The van der Waals surface area contributed by atoms with Gasteiger partial charge < -0.3 is 4.98 Å². The van der Waals surface area contributed by atoms with E-state index >= 15 is 0 Å². The normalized spacial score (nSPS) is 11.2. The van der Waals surface area contributed by atoms with E-state index in [2.05, 4.69) is 25.5 Å². The molecule has 0 aliphatic carbocycles. The predicted octanol–water partition coefficient (Wildman–Crippen LogP) is 1.69. The van der Waals surface area contributed by atoms with Gasteiger partial charge in [-0.1, -0.05) is 0 Å². The van der Waals surface area contributed by atoms with Crippen molar-refractivity contribution in [2.45, 2.75) is 20.3 Å². The summed E-state index contributed by atoms with van der Waals surface area (Å²) in [6.07, 6.45) is 4.75. The fourth-order valence-corrected chi connectivity index (χ4v) is 3.25. The first-order valence-corrected chi connectivity index (χ1v) is 8.07. The fourth-order valence-electron chi connectivity index (χ4n) is 2.20. The lowest BCUT2D eigenvalue weighted by molar-refractivity contribution is -0.120. The lowest BCUT2D eigenvalue weighted by Gasteiger charge is -2.00. The lowest BCUT2D eigenvalue weighted by Crippen LogP contribution is -2.23. The Morgan fingerprint density at radius 3 is 2.88 bits per heavy atom. The first-order chi connectivity index (χ1) is 11.5. The smallest absolute Gasteiger partial charge is 0.259 e. The zero-order valence-electron chi connectivity index (χ0n) is 13.2. The SMILES string of the molecule is Cc1sc2nc(CC(=O)N/N=C\c3ccncc3)[nH]c(=O)c2c1C. The van der Waals surface area contributed by atoms with Gasteiger partial charge >= 0.3 is 0 Å². The summed E-state index contributed by atoms with van der Waals surface area (Å²) >= 11 is 1.45. The van der Waals surface area contributed by atoms with Gasteiger partial charge in [0.25, 0.3) is 5.56 Å². The van der Waals surface area contributed by atoms with Crippen molar-refractivity contribution in [3.8, 4) is 0 Å². The van der Waals surface area contributed by atoms with Gasteiger partial charge in [-0.05, 0) is 37.1 Å². The van der Waals surface area contributed by atoms with Gasteiger partial charge in [0, 0.05) is 17.3 Å². The highest BCUT2D eigenvalue weighted by molar-refractivity contribution is 7.18. The highest BCUT2D eigenvalue weighted by Gasteiger charge is 2.13. The van der Waals surface area contributed by atoms with E-state index in [1.807, 2.05) is 13.8 Å². The molecule has 24 heavy (non-hydrogen) atoms. The van der Waals surface area contributed by atoms with Crippen molar-refractivity contribution in [2.24, 2.45) is 5.10 Å². The van der Waals surface area contributed by atoms with Crippen molar-refractivity contribution in [3.05, 3.63) is 56.7 Å². The minimum atomic E-state index is -0.354. The van der Waals surface area contributed by atoms with Gasteiger partial charge in [0.2, 0.25) is 5.91 Å². The molecule has 0 spiro atoms. The Hall–Kier alpha value is -2.87. The van der Waals surface area contributed by atoms with Crippen LogP contribution in [0.25, 0.3) is 10.2 Å². The van der Waals surface area contributed by atoms with Crippen molar-refractivity contribution in [1.29, 1.82) is 0 Å². The van der Waals surface area contributed by atoms with Crippen LogP contribution in [0.1, 0.15) is 21.8 Å². The Bertz CT molecular complexity index is 975. The molecule has 0 bridgehead atoms. The van der Waals surface area contributed by atoms with E-state index < -0.39 is 0 Å². The van der Waals surface area contributed by atoms with E-state index in [1.54, 1.807) is 24.5 Å². The van der Waals surface area contributed by atoms with Crippen LogP contribution in [0.15, 0.2) is 34.4 Å². The van der Waals surface area contributed by atoms with Crippen LogP contribution < -0.4 is 11.0 Å². The summed E-state index contributed by atoms with van der Waals surface area (Å²) in [5.41, 5.74) is 3.95. The number of thiophene rings is 1. The molecule has 3 aromatic rings. The number of nitrogens with zero attached hydrogens (tertiary/aromatic N) is 3. The Labute approximate surface area is 141 Å². The highest BCUT2D eigenvalue weighted by Crippen LogP contribution is 2.25. The van der Waals surface area contributed by atoms with Crippen LogP contribution in [0.2, 0.25) is 0 Å². The van der Waals surface area contributed by atoms with Gasteiger partial charge in [0.1, 0.15) is 10.7 Å². The van der Waals surface area contributed by atoms with E-state index in [1.165, 1.54) is 17.6 Å². The number of aromatic nitrogens is 3. The van der Waals surface area contributed by atoms with Gasteiger partial charge in [-0.3, -0.25) is 14.6 Å². The number of aromatic amines is 1. The summed E-state index contributed by atoms with van der Waals surface area (Å²) in [5.74, 6) is -0.0295. The number of rotatable bonds is 4. The summed E-state index contributed by atoms with van der Waals surface area (Å²) < 4.78 is 0. The molecule has 0 unspecified atom stereocenters. The Balaban J connectivity index is 1.72. The molecule has 3 rings (SSSR count). The van der Waals surface area contributed by atoms with Crippen LogP contribution in [0.5, 0.6) is 0 Å². The number of carbonyl (C=O) groups is 1. The monoisotopic (exact) mass is 341 g/mol. The van der Waals surface area contributed by atoms with Gasteiger partial charge in [-0.2, -0.15) is 5.10 Å². The molecule has 2 N–H and O–H groups in total. The number of carbonyl (C=O) groups excluding carboxylic acids is 1. The van der Waals surface area contributed by atoms with E-state index in [4.69, 9.17) is 0 Å². The van der Waals surface area contributed by atoms with Gasteiger partial charge in [0.05, 0.1) is 18.0 Å². The maximum Gasteiger partial charge on any atom is 0.259 e. The molecule has 0 fully saturated rings. The molecule has 8 heteroatoms. The summed E-state index contributed by atoms with van der Waals surface area (Å²) in [6, 6.07) is 3.54. The molecular weight excluding hydrogens is 326 g/mol. The number of hydrogen-bond donors (Lipinski definition) is 2. The van der Waals surface area contributed by atoms with Gasteiger partial charge in [-0.15, -0.1) is 11.3 Å². The van der Waals surface area contributed by atoms with E-state index in [0.29, 0.717) is 16.0 Å². The molecule has 0 atom stereocenters. The number of hydrogen-bond acceptors (Lipinski definition) is 6. The molecule has 122 valence electrons. The number of H-pyrrole nitrogens is 1. The number of aryl methyl sites for hydroxylation is 2. The molecule has 7 nitrogen and oxygen atoms in total. The fraction of sp³-hybridized carbons (Fsp3) is 0.188. The number of nitrogens with one attached hydrogen (secondary N) is 2. The Morgan fingerprint density at radius 1 is 1.38 bits per heavy atom.